The van der Waals surface area contributed by atoms with Gasteiger partial charge in [0.25, 0.3) is 0 Å². The van der Waals surface area contributed by atoms with Crippen molar-refractivity contribution in [2.45, 2.75) is 23.2 Å². The molecule has 0 fully saturated rings. The zero-order valence-electron chi connectivity index (χ0n) is 14.8. The molecule has 0 bridgehead atoms. The number of hydrogen-bond acceptors (Lipinski definition) is 8. The maximum atomic E-state index is 12.2. The summed E-state index contributed by atoms with van der Waals surface area (Å²) in [4.78, 5) is 12.2. The number of aromatic nitrogens is 3. The normalized spacial score (nSPS) is 12.6. The first-order chi connectivity index (χ1) is 13.4. The highest BCUT2D eigenvalue weighted by Gasteiger charge is 2.24. The van der Waals surface area contributed by atoms with Gasteiger partial charge in [-0.1, -0.05) is 23.4 Å². The van der Waals surface area contributed by atoms with E-state index in [1.807, 2.05) is 0 Å². The predicted octanol–water partition coefficient (Wildman–Crippen LogP) is 1.48. The van der Waals surface area contributed by atoms with Gasteiger partial charge in [0, 0.05) is 6.42 Å². The molecule has 0 spiro atoms. The molecule has 2 N–H and O–H groups in total. The van der Waals surface area contributed by atoms with Crippen molar-refractivity contribution in [3.63, 3.8) is 0 Å². The van der Waals surface area contributed by atoms with Crippen LogP contribution in [0.1, 0.15) is 17.3 Å². The van der Waals surface area contributed by atoms with E-state index in [9.17, 15) is 18.3 Å². The third kappa shape index (κ3) is 4.74. The van der Waals surface area contributed by atoms with Crippen LogP contribution >= 0.6 is 11.3 Å². The summed E-state index contributed by atoms with van der Waals surface area (Å²) in [5.41, 5.74) is 1.16. The Morgan fingerprint density at radius 1 is 1.32 bits per heavy atom. The van der Waals surface area contributed by atoms with E-state index in [1.54, 1.807) is 23.6 Å². The topological polar surface area (TPSA) is 123 Å². The molecule has 1 atom stereocenters. The maximum absolute atomic E-state index is 12.2. The zero-order chi connectivity index (χ0) is 20.1. The van der Waals surface area contributed by atoms with Crippen molar-refractivity contribution >= 4 is 27.3 Å². The number of carbonyl (C=O) groups is 1. The largest absolute Gasteiger partial charge is 0.508 e. The van der Waals surface area contributed by atoms with Crippen LogP contribution in [0.3, 0.4) is 0 Å². The lowest BCUT2D eigenvalue weighted by molar-refractivity contribution is -0.144. The fourth-order valence-electron chi connectivity index (χ4n) is 2.48. The van der Waals surface area contributed by atoms with Crippen LogP contribution in [0.5, 0.6) is 5.75 Å². The molecule has 0 saturated carbocycles. The number of nitrogens with zero attached hydrogens (tertiary/aromatic N) is 3. The Hall–Kier alpha value is -2.76. The number of ether oxygens (including phenoxy) is 1. The van der Waals surface area contributed by atoms with Gasteiger partial charge in [0.05, 0.1) is 25.5 Å². The average Bonchev–Trinajstić information content (AvgIpc) is 3.38. The fraction of sp³-hybridized carbons (Fsp3) is 0.235. The monoisotopic (exact) mass is 422 g/mol. The molecule has 2 aromatic heterocycles. The second kappa shape index (κ2) is 8.50. The van der Waals surface area contributed by atoms with E-state index in [2.05, 4.69) is 15.0 Å². The molecule has 0 unspecified atom stereocenters. The van der Waals surface area contributed by atoms with Gasteiger partial charge >= 0.3 is 5.97 Å². The minimum Gasteiger partial charge on any atom is -0.508 e. The third-order valence-corrected chi connectivity index (χ3v) is 6.72. The molecule has 3 rings (SSSR count). The smallest absolute Gasteiger partial charge is 0.331 e. The van der Waals surface area contributed by atoms with Crippen LogP contribution in [0.4, 0.5) is 0 Å². The lowest BCUT2D eigenvalue weighted by Crippen LogP contribution is -2.24. The van der Waals surface area contributed by atoms with E-state index in [-0.39, 0.29) is 22.9 Å². The van der Waals surface area contributed by atoms with E-state index in [4.69, 9.17) is 4.74 Å². The minimum atomic E-state index is -3.62. The van der Waals surface area contributed by atoms with Crippen molar-refractivity contribution in [3.8, 4) is 5.75 Å². The van der Waals surface area contributed by atoms with Gasteiger partial charge in [-0.3, -0.25) is 0 Å². The van der Waals surface area contributed by atoms with E-state index >= 15 is 0 Å². The highest BCUT2D eigenvalue weighted by atomic mass is 32.2. The van der Waals surface area contributed by atoms with Crippen molar-refractivity contribution in [2.24, 2.45) is 0 Å². The van der Waals surface area contributed by atoms with Crippen LogP contribution in [0, 0.1) is 0 Å². The summed E-state index contributed by atoms with van der Waals surface area (Å²) < 4.78 is 33.2. The Labute approximate surface area is 165 Å². The number of methoxy groups -OCH3 is 1. The number of rotatable bonds is 8. The molecule has 0 radical (unpaired) electrons. The number of hydrogen-bond donors (Lipinski definition) is 2. The van der Waals surface area contributed by atoms with Gasteiger partial charge in [-0.25, -0.2) is 22.6 Å². The van der Waals surface area contributed by atoms with Gasteiger partial charge in [0.1, 0.15) is 9.96 Å². The first-order valence-corrected chi connectivity index (χ1v) is 10.5. The Balaban J connectivity index is 1.73. The summed E-state index contributed by atoms with van der Waals surface area (Å²) in [6, 6.07) is 8.82. The van der Waals surface area contributed by atoms with Crippen LogP contribution in [-0.4, -0.2) is 41.6 Å². The number of sulfonamides is 1. The first kappa shape index (κ1) is 20.0. The van der Waals surface area contributed by atoms with Crippen molar-refractivity contribution in [1.29, 1.82) is 0 Å². The van der Waals surface area contributed by atoms with Gasteiger partial charge in [-0.05, 0) is 29.1 Å². The Morgan fingerprint density at radius 2 is 2.07 bits per heavy atom. The second-order valence-corrected chi connectivity index (χ2v) is 8.80. The Kier molecular flexibility index (Phi) is 6.07. The molecule has 0 aliphatic heterocycles. The summed E-state index contributed by atoms with van der Waals surface area (Å²) in [5, 5.41) is 18.9. The van der Waals surface area contributed by atoms with Gasteiger partial charge in [0.2, 0.25) is 10.0 Å². The van der Waals surface area contributed by atoms with Crippen LogP contribution < -0.4 is 4.72 Å². The predicted molar refractivity (Wildman–Crippen MR) is 101 cm³/mol. The quantitative estimate of drug-likeness (QED) is 0.527. The highest BCUT2D eigenvalue weighted by molar-refractivity contribution is 7.91. The fourth-order valence-corrected chi connectivity index (χ4v) is 4.52. The first-order valence-electron chi connectivity index (χ1n) is 8.18. The summed E-state index contributed by atoms with van der Waals surface area (Å²) in [6.07, 6.45) is 1.77. The van der Waals surface area contributed by atoms with Crippen LogP contribution in [0.15, 0.2) is 52.2 Å². The number of aromatic hydroxyl groups is 1. The molecule has 11 heteroatoms. The van der Waals surface area contributed by atoms with Crippen molar-refractivity contribution in [2.75, 3.05) is 7.11 Å². The van der Waals surface area contributed by atoms with Gasteiger partial charge in [-0.2, -0.15) is 0 Å². The van der Waals surface area contributed by atoms with Crippen LogP contribution in [0.2, 0.25) is 0 Å². The van der Waals surface area contributed by atoms with E-state index in [0.717, 1.165) is 16.9 Å². The summed E-state index contributed by atoms with van der Waals surface area (Å²) in [7, 11) is -2.35. The molecular formula is C17H18N4O5S2. The molecule has 3 aromatic rings. The zero-order valence-corrected chi connectivity index (χ0v) is 16.5. The Bertz CT molecular complexity index is 1030. The van der Waals surface area contributed by atoms with Gasteiger partial charge in [0.15, 0.2) is 6.04 Å². The average molecular weight is 422 g/mol. The number of thiophene rings is 1. The minimum absolute atomic E-state index is 0.0622. The molecule has 1 aromatic carbocycles. The van der Waals surface area contributed by atoms with E-state index < -0.39 is 22.0 Å². The lowest BCUT2D eigenvalue weighted by Gasteiger charge is -2.14. The lowest BCUT2D eigenvalue weighted by atomic mass is 10.1. The van der Waals surface area contributed by atoms with Gasteiger partial charge in [-0.15, -0.1) is 16.4 Å². The molecule has 28 heavy (non-hydrogen) atoms. The van der Waals surface area contributed by atoms with Crippen LogP contribution in [0.25, 0.3) is 0 Å². The SMILES string of the molecule is COC(=O)[C@H](Cc1ccc(O)cc1)n1cc(CNS(=O)(=O)c2cccs2)nn1. The molecule has 148 valence electrons. The Morgan fingerprint density at radius 3 is 2.71 bits per heavy atom. The van der Waals surface area contributed by atoms with Crippen molar-refractivity contribution < 1.29 is 23.1 Å². The number of phenolic OH excluding ortho intramolecular Hbond substituents is 1. The molecular weight excluding hydrogens is 404 g/mol. The number of esters is 1. The number of phenols is 1. The van der Waals surface area contributed by atoms with Gasteiger partial charge < -0.3 is 9.84 Å². The maximum Gasteiger partial charge on any atom is 0.331 e. The summed E-state index contributed by atoms with van der Waals surface area (Å²) in [6.45, 7) is -0.0622. The summed E-state index contributed by atoms with van der Waals surface area (Å²) >= 11 is 1.11. The number of carbonyl (C=O) groups excluding carboxylic acids is 1. The molecule has 0 aliphatic rings. The number of benzene rings is 1. The standard InChI is InChI=1S/C17H18N4O5S2/c1-26-17(23)15(9-12-4-6-14(22)7-5-12)21-11-13(19-20-21)10-18-28(24,25)16-3-2-8-27-16/h2-8,11,15,18,22H,9-10H2,1H3/t15-/m0/s1. The van der Waals surface area contributed by atoms with Crippen LogP contribution in [-0.2, 0) is 32.5 Å². The molecule has 2 heterocycles. The second-order valence-electron chi connectivity index (χ2n) is 5.86. The molecule has 0 aliphatic carbocycles. The van der Waals surface area contributed by atoms with Crippen molar-refractivity contribution in [3.05, 3.63) is 59.2 Å². The third-order valence-electron chi connectivity index (χ3n) is 3.92. The molecule has 0 saturated heterocycles. The highest BCUT2D eigenvalue weighted by Crippen LogP contribution is 2.19. The van der Waals surface area contributed by atoms with E-state index in [0.29, 0.717) is 5.69 Å². The molecule has 9 nitrogen and oxygen atoms in total. The molecule has 0 amide bonds. The van der Waals surface area contributed by atoms with E-state index in [1.165, 1.54) is 36.2 Å². The van der Waals surface area contributed by atoms with Crippen molar-refractivity contribution in [1.82, 2.24) is 19.7 Å². The number of nitrogens with one attached hydrogen (secondary N) is 1. The summed E-state index contributed by atoms with van der Waals surface area (Å²) in [5.74, 6) is -0.386.